The van der Waals surface area contributed by atoms with Crippen LogP contribution in [0.15, 0.2) is 30.6 Å². The van der Waals surface area contributed by atoms with E-state index in [0.717, 1.165) is 38.1 Å². The molecule has 1 aromatic carbocycles. The van der Waals surface area contributed by atoms with Gasteiger partial charge in [0.15, 0.2) is 5.75 Å². The maximum absolute atomic E-state index is 14.2. The molecule has 0 aliphatic carbocycles. The molecule has 3 N–H and O–H groups in total. The Hall–Kier alpha value is -2.32. The molecule has 8 heteroatoms. The number of nitrogens with zero attached hydrogens (tertiary/aromatic N) is 3. The second kappa shape index (κ2) is 8.59. The Labute approximate surface area is 169 Å². The Kier molecular flexibility index (Phi) is 5.91. The average molecular weight is 403 g/mol. The zero-order chi connectivity index (χ0) is 20.4. The van der Waals surface area contributed by atoms with Crippen molar-refractivity contribution in [3.63, 3.8) is 0 Å². The Balaban J connectivity index is 1.41. The SMILES string of the molecule is C[C@H](Oc1cnc(N2C[C@H](c3cc(F)ccc3F)[C@@H](N)C2)nc1)C1CCNCC1. The number of anilines is 1. The van der Waals surface area contributed by atoms with Crippen LogP contribution in [0.25, 0.3) is 0 Å². The summed E-state index contributed by atoms with van der Waals surface area (Å²) in [5.41, 5.74) is 6.52. The van der Waals surface area contributed by atoms with Gasteiger partial charge in [-0.3, -0.25) is 0 Å². The van der Waals surface area contributed by atoms with Crippen LogP contribution in [0.2, 0.25) is 0 Å². The quantitative estimate of drug-likeness (QED) is 0.799. The lowest BCUT2D eigenvalue weighted by Crippen LogP contribution is -2.35. The van der Waals surface area contributed by atoms with Gasteiger partial charge in [-0.25, -0.2) is 18.7 Å². The van der Waals surface area contributed by atoms with Crippen LogP contribution in [-0.4, -0.2) is 48.3 Å². The van der Waals surface area contributed by atoms with Gasteiger partial charge in [0.25, 0.3) is 0 Å². The third-order valence-corrected chi connectivity index (χ3v) is 5.99. The Bertz CT molecular complexity index is 828. The second-order valence-electron chi connectivity index (χ2n) is 7.97. The highest BCUT2D eigenvalue weighted by Crippen LogP contribution is 2.31. The summed E-state index contributed by atoms with van der Waals surface area (Å²) >= 11 is 0. The first-order chi connectivity index (χ1) is 14.0. The highest BCUT2D eigenvalue weighted by Gasteiger charge is 2.34. The van der Waals surface area contributed by atoms with Gasteiger partial charge in [0.2, 0.25) is 5.95 Å². The maximum atomic E-state index is 14.2. The summed E-state index contributed by atoms with van der Waals surface area (Å²) in [5, 5.41) is 3.36. The highest BCUT2D eigenvalue weighted by atomic mass is 19.1. The van der Waals surface area contributed by atoms with Crippen molar-refractivity contribution in [2.45, 2.75) is 37.8 Å². The van der Waals surface area contributed by atoms with E-state index < -0.39 is 11.6 Å². The minimum atomic E-state index is -0.465. The van der Waals surface area contributed by atoms with E-state index in [1.54, 1.807) is 12.4 Å². The lowest BCUT2D eigenvalue weighted by molar-refractivity contribution is 0.127. The average Bonchev–Trinajstić information content (AvgIpc) is 3.12. The first-order valence-electron chi connectivity index (χ1n) is 10.2. The molecule has 0 saturated carbocycles. The molecule has 3 atom stereocenters. The number of nitrogens with two attached hydrogens (primary N) is 1. The summed E-state index contributed by atoms with van der Waals surface area (Å²) in [7, 11) is 0. The molecule has 0 unspecified atom stereocenters. The van der Waals surface area contributed by atoms with Crippen LogP contribution in [-0.2, 0) is 0 Å². The molecule has 156 valence electrons. The molecule has 0 amide bonds. The van der Waals surface area contributed by atoms with Gasteiger partial charge in [0.05, 0.1) is 18.5 Å². The summed E-state index contributed by atoms with van der Waals surface area (Å²) < 4.78 is 33.8. The molecule has 6 nitrogen and oxygen atoms in total. The van der Waals surface area contributed by atoms with Gasteiger partial charge in [-0.15, -0.1) is 0 Å². The number of aromatic nitrogens is 2. The molecule has 0 bridgehead atoms. The van der Waals surface area contributed by atoms with Crippen LogP contribution in [0, 0.1) is 17.6 Å². The smallest absolute Gasteiger partial charge is 0.225 e. The normalized spacial score (nSPS) is 23.9. The zero-order valence-corrected chi connectivity index (χ0v) is 16.5. The van der Waals surface area contributed by atoms with E-state index >= 15 is 0 Å². The predicted octanol–water partition coefficient (Wildman–Crippen LogP) is 2.45. The van der Waals surface area contributed by atoms with Crippen molar-refractivity contribution in [3.05, 3.63) is 47.8 Å². The molecule has 2 saturated heterocycles. The minimum absolute atomic E-state index is 0.104. The third kappa shape index (κ3) is 4.48. The summed E-state index contributed by atoms with van der Waals surface area (Å²) in [6, 6.07) is 3.16. The number of halogens is 2. The van der Waals surface area contributed by atoms with E-state index in [0.29, 0.717) is 36.3 Å². The summed E-state index contributed by atoms with van der Waals surface area (Å²) in [6.45, 7) is 5.05. The van der Waals surface area contributed by atoms with E-state index in [1.807, 2.05) is 4.90 Å². The van der Waals surface area contributed by atoms with Crippen molar-refractivity contribution in [2.75, 3.05) is 31.1 Å². The summed E-state index contributed by atoms with van der Waals surface area (Å²) in [4.78, 5) is 10.7. The molecular weight excluding hydrogens is 376 g/mol. The summed E-state index contributed by atoms with van der Waals surface area (Å²) in [5.74, 6) is 0.454. The topological polar surface area (TPSA) is 76.3 Å². The molecule has 1 aromatic heterocycles. The van der Waals surface area contributed by atoms with Gasteiger partial charge < -0.3 is 20.7 Å². The Morgan fingerprint density at radius 1 is 1.17 bits per heavy atom. The first kappa shape index (κ1) is 20.0. The van der Waals surface area contributed by atoms with Crippen LogP contribution in [0.5, 0.6) is 5.75 Å². The lowest BCUT2D eigenvalue weighted by Gasteiger charge is -2.28. The lowest BCUT2D eigenvalue weighted by atomic mass is 9.93. The molecule has 2 aromatic rings. The van der Waals surface area contributed by atoms with Crippen LogP contribution in [0.4, 0.5) is 14.7 Å². The largest absolute Gasteiger partial charge is 0.487 e. The van der Waals surface area contributed by atoms with Gasteiger partial charge in [0.1, 0.15) is 11.6 Å². The van der Waals surface area contributed by atoms with Gasteiger partial charge >= 0.3 is 0 Å². The van der Waals surface area contributed by atoms with Crippen molar-refractivity contribution >= 4 is 5.95 Å². The van der Waals surface area contributed by atoms with Crippen molar-refractivity contribution in [1.82, 2.24) is 15.3 Å². The van der Waals surface area contributed by atoms with Crippen LogP contribution in [0.3, 0.4) is 0 Å². The third-order valence-electron chi connectivity index (χ3n) is 5.99. The fourth-order valence-electron chi connectivity index (χ4n) is 4.28. The molecule has 2 aliphatic heterocycles. The zero-order valence-electron chi connectivity index (χ0n) is 16.5. The van der Waals surface area contributed by atoms with Crippen molar-refractivity contribution in [1.29, 1.82) is 0 Å². The van der Waals surface area contributed by atoms with E-state index in [-0.39, 0.29) is 18.1 Å². The van der Waals surface area contributed by atoms with Crippen molar-refractivity contribution in [3.8, 4) is 5.75 Å². The fraction of sp³-hybridized carbons (Fsp3) is 0.524. The molecule has 29 heavy (non-hydrogen) atoms. The molecule has 0 spiro atoms. The molecule has 2 fully saturated rings. The van der Waals surface area contributed by atoms with Gasteiger partial charge in [-0.1, -0.05) is 0 Å². The molecule has 3 heterocycles. The standard InChI is InChI=1S/C21H27F2N5O/c1-13(14-4-6-25-7-5-14)29-16-9-26-21(27-10-16)28-11-18(20(24)12-28)17-8-15(22)2-3-19(17)23/h2-3,8-10,13-14,18,20,25H,4-7,11-12,24H2,1H3/t13-,18+,20-/m0/s1. The fourth-order valence-corrected chi connectivity index (χ4v) is 4.28. The van der Waals surface area contributed by atoms with Crippen molar-refractivity contribution < 1.29 is 13.5 Å². The number of hydrogen-bond acceptors (Lipinski definition) is 6. The number of benzene rings is 1. The van der Waals surface area contributed by atoms with E-state index in [2.05, 4.69) is 22.2 Å². The highest BCUT2D eigenvalue weighted by molar-refractivity contribution is 5.38. The predicted molar refractivity (Wildman–Crippen MR) is 107 cm³/mol. The molecule has 2 aliphatic rings. The van der Waals surface area contributed by atoms with Crippen LogP contribution in [0.1, 0.15) is 31.2 Å². The molecule has 4 rings (SSSR count). The van der Waals surface area contributed by atoms with Crippen LogP contribution >= 0.6 is 0 Å². The number of hydrogen-bond donors (Lipinski definition) is 2. The minimum Gasteiger partial charge on any atom is -0.487 e. The molecule has 0 radical (unpaired) electrons. The Morgan fingerprint density at radius 3 is 2.62 bits per heavy atom. The number of nitrogens with one attached hydrogen (secondary N) is 1. The van der Waals surface area contributed by atoms with Crippen LogP contribution < -0.4 is 20.7 Å². The molecular formula is C21H27F2N5O. The Morgan fingerprint density at radius 2 is 1.90 bits per heavy atom. The summed E-state index contributed by atoms with van der Waals surface area (Å²) in [6.07, 6.45) is 5.64. The number of piperidine rings is 1. The monoisotopic (exact) mass is 403 g/mol. The second-order valence-corrected chi connectivity index (χ2v) is 7.97. The van der Waals surface area contributed by atoms with Gasteiger partial charge in [0, 0.05) is 25.0 Å². The van der Waals surface area contributed by atoms with E-state index in [1.165, 1.54) is 6.07 Å². The maximum Gasteiger partial charge on any atom is 0.225 e. The number of ether oxygens (including phenoxy) is 1. The van der Waals surface area contributed by atoms with Gasteiger partial charge in [-0.05, 0) is 62.5 Å². The van der Waals surface area contributed by atoms with Crippen molar-refractivity contribution in [2.24, 2.45) is 11.7 Å². The van der Waals surface area contributed by atoms with E-state index in [4.69, 9.17) is 10.5 Å². The van der Waals surface area contributed by atoms with Gasteiger partial charge in [-0.2, -0.15) is 0 Å². The first-order valence-corrected chi connectivity index (χ1v) is 10.2. The number of rotatable bonds is 5. The van der Waals surface area contributed by atoms with E-state index in [9.17, 15) is 8.78 Å².